The first-order valence-corrected chi connectivity index (χ1v) is 13.6. The number of piperidine rings is 1. The summed E-state index contributed by atoms with van der Waals surface area (Å²) in [5, 5.41) is 0. The lowest BCUT2D eigenvalue weighted by Gasteiger charge is -2.38. The van der Waals surface area contributed by atoms with Gasteiger partial charge in [0.25, 0.3) is 0 Å². The molecule has 210 valence electrons. The number of para-hydroxylation sites is 1. The zero-order chi connectivity index (χ0) is 25.9. The van der Waals surface area contributed by atoms with Gasteiger partial charge in [0.1, 0.15) is 5.82 Å². The molecule has 0 unspecified atom stereocenters. The number of carbonyl (C=O) groups is 1. The molecule has 0 spiro atoms. The Labute approximate surface area is 245 Å². The standard InChI is InChI=1S/C32H38FN3O.2ClH/c1-23-17-26(21-34-13-15-35(16-14-34)29-10-5-4-6-11-29)18-24(2)31(23)36-22-27(19-25(3)32(36)37)20-28-9-7-8-12-30(28)33;;/h4-12,17-18,25,27H,13-16,19-22H2,1-3H3;2*1H/t25-,27-;;/m1../s1. The summed E-state index contributed by atoms with van der Waals surface area (Å²) < 4.78 is 14.3. The number of rotatable bonds is 6. The molecule has 2 fully saturated rings. The Hall–Kier alpha value is -2.60. The van der Waals surface area contributed by atoms with Crippen LogP contribution >= 0.6 is 24.8 Å². The maximum Gasteiger partial charge on any atom is 0.229 e. The van der Waals surface area contributed by atoms with Crippen LogP contribution in [0.4, 0.5) is 15.8 Å². The van der Waals surface area contributed by atoms with E-state index in [0.29, 0.717) is 13.0 Å². The van der Waals surface area contributed by atoms with Gasteiger partial charge in [0, 0.05) is 56.6 Å². The summed E-state index contributed by atoms with van der Waals surface area (Å²) in [6, 6.07) is 22.2. The van der Waals surface area contributed by atoms with Crippen LogP contribution in [0.3, 0.4) is 0 Å². The van der Waals surface area contributed by atoms with Gasteiger partial charge in [-0.05, 0) is 73.1 Å². The van der Waals surface area contributed by atoms with E-state index < -0.39 is 0 Å². The SMILES string of the molecule is Cc1cc(CN2CCN(c3ccccc3)CC2)cc(C)c1N1C[C@@H](Cc2ccccc2F)C[C@@H](C)C1=O.Cl.Cl. The van der Waals surface area contributed by atoms with E-state index in [2.05, 4.69) is 66.1 Å². The molecule has 2 saturated heterocycles. The third kappa shape index (κ3) is 7.13. The number of amides is 1. The summed E-state index contributed by atoms with van der Waals surface area (Å²) in [6.07, 6.45) is 1.46. The molecule has 0 aromatic heterocycles. The zero-order valence-corrected chi connectivity index (χ0v) is 24.7. The quantitative estimate of drug-likeness (QED) is 0.324. The van der Waals surface area contributed by atoms with Crippen LogP contribution in [0.5, 0.6) is 0 Å². The molecule has 2 aliphatic rings. The van der Waals surface area contributed by atoms with Gasteiger partial charge in [0.15, 0.2) is 0 Å². The average Bonchev–Trinajstić information content (AvgIpc) is 2.89. The zero-order valence-electron chi connectivity index (χ0n) is 23.1. The lowest BCUT2D eigenvalue weighted by molar-refractivity contribution is -0.124. The molecule has 7 heteroatoms. The van der Waals surface area contributed by atoms with Crippen LogP contribution in [-0.2, 0) is 17.8 Å². The second-order valence-electron chi connectivity index (χ2n) is 10.9. The normalized spacial score (nSPS) is 19.8. The molecule has 39 heavy (non-hydrogen) atoms. The molecule has 0 saturated carbocycles. The number of anilines is 2. The minimum absolute atomic E-state index is 0. The van der Waals surface area contributed by atoms with Gasteiger partial charge in [-0.1, -0.05) is 55.5 Å². The van der Waals surface area contributed by atoms with E-state index in [1.54, 1.807) is 6.07 Å². The highest BCUT2D eigenvalue weighted by Gasteiger charge is 2.34. The van der Waals surface area contributed by atoms with E-state index in [9.17, 15) is 9.18 Å². The monoisotopic (exact) mass is 571 g/mol. The fourth-order valence-electron chi connectivity index (χ4n) is 6.24. The number of aryl methyl sites for hydroxylation is 2. The lowest BCUT2D eigenvalue weighted by atomic mass is 9.84. The highest BCUT2D eigenvalue weighted by atomic mass is 35.5. The van der Waals surface area contributed by atoms with Crippen molar-refractivity contribution in [1.82, 2.24) is 4.90 Å². The summed E-state index contributed by atoms with van der Waals surface area (Å²) in [7, 11) is 0. The van der Waals surface area contributed by atoms with Crippen LogP contribution in [0.15, 0.2) is 66.7 Å². The second kappa shape index (κ2) is 13.6. The van der Waals surface area contributed by atoms with E-state index in [4.69, 9.17) is 0 Å². The number of hydrogen-bond donors (Lipinski definition) is 0. The first-order valence-electron chi connectivity index (χ1n) is 13.6. The van der Waals surface area contributed by atoms with Crippen LogP contribution in [-0.4, -0.2) is 43.5 Å². The number of benzene rings is 3. The van der Waals surface area contributed by atoms with Crippen LogP contribution in [0.25, 0.3) is 0 Å². The number of halogens is 3. The van der Waals surface area contributed by atoms with Gasteiger partial charge in [0.05, 0.1) is 0 Å². The van der Waals surface area contributed by atoms with Crippen molar-refractivity contribution in [3.63, 3.8) is 0 Å². The van der Waals surface area contributed by atoms with E-state index in [0.717, 1.165) is 61.5 Å². The van der Waals surface area contributed by atoms with Gasteiger partial charge in [-0.15, -0.1) is 24.8 Å². The predicted molar refractivity (Wildman–Crippen MR) is 164 cm³/mol. The molecule has 5 rings (SSSR count). The highest BCUT2D eigenvalue weighted by Crippen LogP contribution is 2.35. The fraction of sp³-hybridized carbons (Fsp3) is 0.406. The molecule has 4 nitrogen and oxygen atoms in total. The molecule has 0 aliphatic carbocycles. The smallest absolute Gasteiger partial charge is 0.229 e. The minimum atomic E-state index is -0.153. The van der Waals surface area contributed by atoms with Gasteiger partial charge < -0.3 is 9.80 Å². The van der Waals surface area contributed by atoms with Crippen molar-refractivity contribution in [2.45, 2.75) is 40.2 Å². The third-order valence-corrected chi connectivity index (χ3v) is 8.00. The van der Waals surface area contributed by atoms with Gasteiger partial charge in [-0.25, -0.2) is 4.39 Å². The molecule has 2 aliphatic heterocycles. The Morgan fingerprint density at radius 3 is 2.13 bits per heavy atom. The topological polar surface area (TPSA) is 26.8 Å². The van der Waals surface area contributed by atoms with Crippen molar-refractivity contribution >= 4 is 42.1 Å². The van der Waals surface area contributed by atoms with Gasteiger partial charge in [0.2, 0.25) is 5.91 Å². The van der Waals surface area contributed by atoms with E-state index in [1.807, 2.05) is 24.0 Å². The van der Waals surface area contributed by atoms with Crippen LogP contribution in [0.2, 0.25) is 0 Å². The molecule has 0 bridgehead atoms. The Bertz CT molecular complexity index is 1220. The van der Waals surface area contributed by atoms with E-state index >= 15 is 0 Å². The number of hydrogen-bond acceptors (Lipinski definition) is 3. The second-order valence-corrected chi connectivity index (χ2v) is 10.9. The third-order valence-electron chi connectivity index (χ3n) is 8.00. The highest BCUT2D eigenvalue weighted by molar-refractivity contribution is 5.97. The summed E-state index contributed by atoms with van der Waals surface area (Å²) in [4.78, 5) is 20.2. The summed E-state index contributed by atoms with van der Waals surface area (Å²) in [5.41, 5.74) is 6.66. The Balaban J connectivity index is 0.00000210. The first kappa shape index (κ1) is 30.9. The molecule has 2 atom stereocenters. The van der Waals surface area contributed by atoms with Crippen molar-refractivity contribution < 1.29 is 9.18 Å². The molecule has 2 heterocycles. The number of carbonyl (C=O) groups excluding carboxylic acids is 1. The molecule has 1 amide bonds. The van der Waals surface area contributed by atoms with Crippen LogP contribution in [0, 0.1) is 31.5 Å². The van der Waals surface area contributed by atoms with Gasteiger partial charge in [-0.3, -0.25) is 9.69 Å². The molecule has 0 radical (unpaired) electrons. The van der Waals surface area contributed by atoms with Crippen molar-refractivity contribution in [3.05, 3.63) is 94.8 Å². The van der Waals surface area contributed by atoms with E-state index in [1.165, 1.54) is 17.3 Å². The molecule has 3 aromatic carbocycles. The predicted octanol–water partition coefficient (Wildman–Crippen LogP) is 6.84. The summed E-state index contributed by atoms with van der Waals surface area (Å²) in [6.45, 7) is 12.0. The molecular weight excluding hydrogens is 532 g/mol. The number of piperazine rings is 1. The molecular formula is C32H40Cl2FN3O. The van der Waals surface area contributed by atoms with Gasteiger partial charge in [-0.2, -0.15) is 0 Å². The average molecular weight is 573 g/mol. The van der Waals surface area contributed by atoms with Gasteiger partial charge >= 0.3 is 0 Å². The maximum atomic E-state index is 14.3. The molecule has 0 N–H and O–H groups in total. The van der Waals surface area contributed by atoms with Crippen molar-refractivity contribution in [3.8, 4) is 0 Å². The molecule has 3 aromatic rings. The largest absolute Gasteiger partial charge is 0.369 e. The Morgan fingerprint density at radius 2 is 1.49 bits per heavy atom. The minimum Gasteiger partial charge on any atom is -0.369 e. The fourth-order valence-corrected chi connectivity index (χ4v) is 6.24. The lowest BCUT2D eigenvalue weighted by Crippen LogP contribution is -2.46. The van der Waals surface area contributed by atoms with Crippen LogP contribution in [0.1, 0.15) is 35.6 Å². The maximum absolute atomic E-state index is 14.3. The van der Waals surface area contributed by atoms with Crippen molar-refractivity contribution in [2.75, 3.05) is 42.5 Å². The van der Waals surface area contributed by atoms with Crippen LogP contribution < -0.4 is 9.80 Å². The van der Waals surface area contributed by atoms with Crippen molar-refractivity contribution in [1.29, 1.82) is 0 Å². The summed E-state index contributed by atoms with van der Waals surface area (Å²) in [5.74, 6) is 0.203. The first-order chi connectivity index (χ1) is 17.9. The summed E-state index contributed by atoms with van der Waals surface area (Å²) >= 11 is 0. The van der Waals surface area contributed by atoms with E-state index in [-0.39, 0.29) is 48.4 Å². The Morgan fingerprint density at radius 1 is 0.872 bits per heavy atom. The Kier molecular flexibility index (Phi) is 10.8. The number of nitrogens with zero attached hydrogens (tertiary/aromatic N) is 3. The van der Waals surface area contributed by atoms with Crippen molar-refractivity contribution in [2.24, 2.45) is 11.8 Å².